The van der Waals surface area contributed by atoms with E-state index >= 15 is 0 Å². The van der Waals surface area contributed by atoms with Crippen molar-refractivity contribution >= 4 is 53.8 Å². The van der Waals surface area contributed by atoms with Crippen LogP contribution in [0.5, 0.6) is 0 Å². The summed E-state index contributed by atoms with van der Waals surface area (Å²) in [6, 6.07) is 33.1. The number of fused-ring (bicyclic) bond motifs is 2. The summed E-state index contributed by atoms with van der Waals surface area (Å²) in [4.78, 5) is 20.9. The maximum atomic E-state index is 12.3. The first-order valence-corrected chi connectivity index (χ1v) is 29.6. The van der Waals surface area contributed by atoms with Gasteiger partial charge >= 0.3 is 6.18 Å². The molecule has 65 heavy (non-hydrogen) atoms. The van der Waals surface area contributed by atoms with Gasteiger partial charge in [0.25, 0.3) is 0 Å². The number of aliphatic hydroxyl groups excluding tert-OH is 1. The van der Waals surface area contributed by atoms with Crippen LogP contribution in [0.1, 0.15) is 89.8 Å². The number of ketones is 1. The molecule has 0 bridgehead atoms. The summed E-state index contributed by atoms with van der Waals surface area (Å²) in [6.45, 7) is 30.1. The summed E-state index contributed by atoms with van der Waals surface area (Å²) in [5, 5.41) is 17.2. The first-order chi connectivity index (χ1) is 30.2. The third-order valence-electron chi connectivity index (χ3n) is 11.6. The van der Waals surface area contributed by atoms with Gasteiger partial charge in [-0.2, -0.15) is 13.2 Å². The van der Waals surface area contributed by atoms with Crippen molar-refractivity contribution in [2.24, 2.45) is 11.8 Å². The van der Waals surface area contributed by atoms with E-state index in [0.29, 0.717) is 24.9 Å². The predicted octanol–water partition coefficient (Wildman–Crippen LogP) is 15.0. The van der Waals surface area contributed by atoms with Gasteiger partial charge in [-0.1, -0.05) is 141 Å². The van der Waals surface area contributed by atoms with Crippen molar-refractivity contribution < 1.29 is 44.5 Å². The summed E-state index contributed by atoms with van der Waals surface area (Å²) >= 11 is 0. The van der Waals surface area contributed by atoms with Gasteiger partial charge in [-0.15, -0.1) is 69.8 Å². The Morgan fingerprint density at radius 1 is 0.723 bits per heavy atom. The van der Waals surface area contributed by atoms with Crippen molar-refractivity contribution in [2.75, 3.05) is 0 Å². The number of alkyl halides is 3. The number of hydrogen-bond acceptors (Lipinski definition) is 4. The van der Waals surface area contributed by atoms with E-state index in [4.69, 9.17) is 6.35 Å². The van der Waals surface area contributed by atoms with Crippen LogP contribution >= 0.6 is 0 Å². The fraction of sp³-hybridized carbons (Fsp3) is 0.400. The molecule has 1 unspecified atom stereocenters. The van der Waals surface area contributed by atoms with Gasteiger partial charge in [0.15, 0.2) is 5.78 Å². The quantitative estimate of drug-likeness (QED) is 0.0574. The number of nitrogens with zero attached hydrogens (tertiary/aromatic N) is 2. The number of aromatic nitrogens is 2. The van der Waals surface area contributed by atoms with Gasteiger partial charge in [-0.25, -0.2) is 0 Å². The van der Waals surface area contributed by atoms with Gasteiger partial charge in [-0.3, -0.25) is 4.79 Å². The molecule has 2 heterocycles. The average molecular weight is 1100 g/mol. The standard InChI is InChI=1S/C22H26NSi.C20H22NSi.C13H21F3O2.Ir/c1-15(2)18-11-16(3)12-19(13-18)22-21-8-7-20(24(4,5)6)14-17(21)9-10-23-22;1-14-10-15(2)12-17(11-14)20-19-7-6-18(22(3,4)5)13-16(19)8-9-21-20;1-4-9(5-2)11(17)7-12(18)10(6-3)8-13(14,15)16;/h7-11,13-15H,1-6H3;6-11,13H,1-5H3;7,9-10,18H,4-6,8H2,1-3H3;/q2*-1;;/b;;12-7-;/i;9D;;. The Labute approximate surface area is 404 Å². The molecule has 351 valence electrons. The number of carbonyl (C=O) groups excluding carboxylic acids is 1. The third kappa shape index (κ3) is 15.7. The number of allylic oxidation sites excluding steroid dienone is 2. The molecule has 2 aromatic heterocycles. The number of aliphatic hydroxyl groups is 1. The van der Waals surface area contributed by atoms with Crippen LogP contribution in [0.3, 0.4) is 0 Å². The second-order valence-electron chi connectivity index (χ2n) is 19.5. The molecule has 1 radical (unpaired) electrons. The monoisotopic (exact) mass is 1100 g/mol. The molecule has 1 atom stereocenters. The minimum absolute atomic E-state index is 0. The number of carbonyl (C=O) groups is 1. The smallest absolute Gasteiger partial charge is 0.389 e. The SMILES string of the molecule is CCC(CC)C(=O)/C=C(\O)C(CC)CC(F)(F)F.Cc1[c-]c(-c2nccc3cc([Si](C)(C)C)ccc23)cc(C(C)C)c1.[2H]c1cc2cc([Si](C)(C)C)ccc2c(-c2[c-]c(C)cc(C)c2)n1.[Ir]. The van der Waals surface area contributed by atoms with Crippen LogP contribution in [-0.2, 0) is 24.9 Å². The molecule has 0 spiro atoms. The van der Waals surface area contributed by atoms with E-state index in [1.807, 2.05) is 33.0 Å². The molecule has 6 rings (SSSR count). The second kappa shape index (κ2) is 23.5. The normalized spacial score (nSPS) is 12.8. The van der Waals surface area contributed by atoms with Crippen molar-refractivity contribution in [3.8, 4) is 22.5 Å². The van der Waals surface area contributed by atoms with Crippen LogP contribution < -0.4 is 10.4 Å². The first-order valence-electron chi connectivity index (χ1n) is 23.1. The number of benzene rings is 4. The van der Waals surface area contributed by atoms with E-state index in [1.165, 1.54) is 37.8 Å². The number of pyridine rings is 2. The minimum atomic E-state index is -4.33. The van der Waals surface area contributed by atoms with E-state index in [9.17, 15) is 23.1 Å². The van der Waals surface area contributed by atoms with Crippen molar-refractivity contribution in [1.29, 1.82) is 0 Å². The van der Waals surface area contributed by atoms with Gasteiger partial charge < -0.3 is 15.1 Å². The molecule has 4 nitrogen and oxygen atoms in total. The molecule has 10 heteroatoms. The van der Waals surface area contributed by atoms with Crippen molar-refractivity contribution in [3.63, 3.8) is 0 Å². The molecule has 0 aliphatic rings. The van der Waals surface area contributed by atoms with Crippen LogP contribution in [0.25, 0.3) is 44.1 Å². The fourth-order valence-electron chi connectivity index (χ4n) is 7.69. The van der Waals surface area contributed by atoms with Gasteiger partial charge in [0.2, 0.25) is 0 Å². The second-order valence-corrected chi connectivity index (χ2v) is 29.6. The molecule has 0 fully saturated rings. The predicted molar refractivity (Wildman–Crippen MR) is 271 cm³/mol. The Hall–Kier alpha value is -4.22. The molecule has 0 aliphatic carbocycles. The van der Waals surface area contributed by atoms with Crippen molar-refractivity contribution in [3.05, 3.63) is 131 Å². The topological polar surface area (TPSA) is 63.1 Å². The Bertz CT molecular complexity index is 2610. The van der Waals surface area contributed by atoms with Gasteiger partial charge in [0.1, 0.15) is 0 Å². The molecule has 0 aliphatic heterocycles. The van der Waals surface area contributed by atoms with Crippen molar-refractivity contribution in [1.82, 2.24) is 9.97 Å². The summed E-state index contributed by atoms with van der Waals surface area (Å²) in [6.07, 6.45) is -0.827. The van der Waals surface area contributed by atoms with Gasteiger partial charge in [-0.05, 0) is 70.2 Å². The first kappa shape index (κ1) is 53.4. The Morgan fingerprint density at radius 2 is 1.22 bits per heavy atom. The zero-order valence-corrected chi connectivity index (χ0v) is 45.3. The maximum absolute atomic E-state index is 12.3. The van der Waals surface area contributed by atoms with E-state index in [2.05, 4.69) is 151 Å². The summed E-state index contributed by atoms with van der Waals surface area (Å²) < 4.78 is 44.9. The van der Waals surface area contributed by atoms with Crippen LogP contribution in [0, 0.1) is 44.7 Å². The van der Waals surface area contributed by atoms with E-state index in [0.717, 1.165) is 44.9 Å². The zero-order valence-electron chi connectivity index (χ0n) is 41.9. The molecule has 0 amide bonds. The summed E-state index contributed by atoms with van der Waals surface area (Å²) in [5.74, 6) is -1.49. The number of aryl methyl sites for hydroxylation is 3. The average Bonchev–Trinajstić information content (AvgIpc) is 3.21. The summed E-state index contributed by atoms with van der Waals surface area (Å²) in [7, 11) is -2.68. The van der Waals surface area contributed by atoms with E-state index in [-0.39, 0.29) is 38.2 Å². The molecule has 6 aromatic rings. The van der Waals surface area contributed by atoms with Crippen LogP contribution in [0.15, 0.2) is 97.0 Å². The maximum Gasteiger partial charge on any atom is 0.389 e. The van der Waals surface area contributed by atoms with Crippen LogP contribution in [0.4, 0.5) is 13.2 Å². The molecule has 1 N–H and O–H groups in total. The van der Waals surface area contributed by atoms with Crippen LogP contribution in [-0.4, -0.2) is 43.2 Å². The number of hydrogen-bond donors (Lipinski definition) is 1. The number of rotatable bonds is 12. The van der Waals surface area contributed by atoms with E-state index in [1.54, 1.807) is 6.92 Å². The molecule has 0 saturated carbocycles. The van der Waals surface area contributed by atoms with E-state index < -0.39 is 40.4 Å². The molecular formula is C55H69F3IrN2O2Si2-2. The van der Waals surface area contributed by atoms with Crippen molar-refractivity contribution in [2.45, 2.75) is 132 Å². The summed E-state index contributed by atoms with van der Waals surface area (Å²) in [5.41, 5.74) is 8.80. The Balaban J connectivity index is 0.000000264. The zero-order chi connectivity index (χ0) is 48.6. The molecule has 0 saturated heterocycles. The Morgan fingerprint density at radius 3 is 1.69 bits per heavy atom. The fourth-order valence-corrected chi connectivity index (χ4v) is 10.0. The molecular weight excluding hydrogens is 1030 g/mol. The van der Waals surface area contributed by atoms with Gasteiger partial charge in [0.05, 0.1) is 29.7 Å². The minimum Gasteiger partial charge on any atom is -0.512 e. The largest absolute Gasteiger partial charge is 0.512 e. The van der Waals surface area contributed by atoms with Gasteiger partial charge in [0, 0.05) is 50.4 Å². The van der Waals surface area contributed by atoms with Crippen LogP contribution in [0.2, 0.25) is 39.3 Å². The molecule has 4 aromatic carbocycles. The Kier molecular flexibility index (Phi) is 19.3. The third-order valence-corrected chi connectivity index (χ3v) is 15.7. The number of halogens is 3.